The molecule has 0 rings (SSSR count). The second kappa shape index (κ2) is 5.22. The van der Waals surface area contributed by atoms with Crippen molar-refractivity contribution in [2.45, 2.75) is 0 Å². The SMILES string of the molecule is C=C[PH](=O)O.Cl. The summed E-state index contributed by atoms with van der Waals surface area (Å²) in [6.07, 6.45) is 0. The second-order valence-corrected chi connectivity index (χ2v) is 1.63. The van der Waals surface area contributed by atoms with Gasteiger partial charge in [-0.1, -0.05) is 6.58 Å². The summed E-state index contributed by atoms with van der Waals surface area (Å²) in [4.78, 5) is 7.79. The molecule has 0 fully saturated rings. The summed E-state index contributed by atoms with van der Waals surface area (Å²) in [7, 11) is -2.36. The van der Waals surface area contributed by atoms with Crippen molar-refractivity contribution in [3.8, 4) is 0 Å². The lowest BCUT2D eigenvalue weighted by Crippen LogP contribution is -1.35. The van der Waals surface area contributed by atoms with Crippen LogP contribution in [0.1, 0.15) is 0 Å². The number of rotatable bonds is 1. The lowest BCUT2D eigenvalue weighted by atomic mass is 11.3. The highest BCUT2D eigenvalue weighted by Crippen LogP contribution is 2.10. The second-order valence-electron chi connectivity index (χ2n) is 0.542. The predicted molar refractivity (Wildman–Crippen MR) is 28.7 cm³/mol. The zero-order valence-corrected chi connectivity index (χ0v) is 4.86. The topological polar surface area (TPSA) is 37.3 Å². The molecule has 1 atom stereocenters. The quantitative estimate of drug-likeness (QED) is 0.536. The third kappa shape index (κ3) is 8.88. The van der Waals surface area contributed by atoms with E-state index in [1.54, 1.807) is 0 Å². The van der Waals surface area contributed by atoms with Crippen molar-refractivity contribution in [3.63, 3.8) is 0 Å². The molecule has 0 heterocycles. The van der Waals surface area contributed by atoms with Crippen LogP contribution in [0.15, 0.2) is 12.4 Å². The lowest BCUT2D eigenvalue weighted by molar-refractivity contribution is 0.512. The average molecular weight is 128 g/mol. The summed E-state index contributed by atoms with van der Waals surface area (Å²) in [5, 5.41) is 0. The van der Waals surface area contributed by atoms with Gasteiger partial charge in [0.25, 0.3) is 0 Å². The molecule has 0 aromatic rings. The van der Waals surface area contributed by atoms with Crippen molar-refractivity contribution in [2.75, 3.05) is 0 Å². The summed E-state index contributed by atoms with van der Waals surface area (Å²) in [6, 6.07) is 0. The Hall–Kier alpha value is 0.220. The third-order valence-corrected chi connectivity index (χ3v) is 0.524. The van der Waals surface area contributed by atoms with Gasteiger partial charge in [0.2, 0.25) is 8.03 Å². The van der Waals surface area contributed by atoms with Crippen molar-refractivity contribution < 1.29 is 9.46 Å². The van der Waals surface area contributed by atoms with Gasteiger partial charge in [0.15, 0.2) is 0 Å². The van der Waals surface area contributed by atoms with Crippen LogP contribution in [0.3, 0.4) is 0 Å². The molecule has 0 aliphatic rings. The maximum Gasteiger partial charge on any atom is 0.210 e. The van der Waals surface area contributed by atoms with E-state index in [0.717, 1.165) is 5.82 Å². The van der Waals surface area contributed by atoms with Gasteiger partial charge < -0.3 is 4.89 Å². The van der Waals surface area contributed by atoms with E-state index in [4.69, 9.17) is 4.89 Å². The van der Waals surface area contributed by atoms with Gasteiger partial charge in [-0.3, -0.25) is 4.57 Å². The third-order valence-electron chi connectivity index (χ3n) is 0.175. The molecule has 1 N–H and O–H groups in total. The molecular formula is C2H6ClO2P. The maximum absolute atomic E-state index is 9.44. The van der Waals surface area contributed by atoms with Crippen molar-refractivity contribution in [3.05, 3.63) is 12.4 Å². The molecular weight excluding hydrogens is 122 g/mol. The summed E-state index contributed by atoms with van der Waals surface area (Å²) in [5.74, 6) is 1.02. The predicted octanol–water partition coefficient (Wildman–Crippen LogP) is 1.02. The van der Waals surface area contributed by atoms with Crippen molar-refractivity contribution in [1.82, 2.24) is 0 Å². The molecule has 2 nitrogen and oxygen atoms in total. The van der Waals surface area contributed by atoms with E-state index in [-0.39, 0.29) is 12.4 Å². The Morgan fingerprint density at radius 3 is 2.00 bits per heavy atom. The minimum atomic E-state index is -2.36. The Bertz CT molecular complexity index is 62.6. The molecule has 0 aliphatic carbocycles. The molecule has 0 aromatic heterocycles. The molecule has 1 unspecified atom stereocenters. The van der Waals surface area contributed by atoms with Crippen LogP contribution in [-0.2, 0) is 4.57 Å². The molecule has 0 radical (unpaired) electrons. The average Bonchev–Trinajstić information content (AvgIpc) is 1.38. The van der Waals surface area contributed by atoms with E-state index in [2.05, 4.69) is 6.58 Å². The van der Waals surface area contributed by atoms with Gasteiger partial charge in [-0.05, 0) is 5.82 Å². The molecule has 0 spiro atoms. The van der Waals surface area contributed by atoms with Gasteiger partial charge in [-0.2, -0.15) is 0 Å². The Balaban J connectivity index is 0. The molecule has 0 saturated carbocycles. The largest absolute Gasteiger partial charge is 0.344 e. The number of hydrogen-bond acceptors (Lipinski definition) is 1. The highest BCUT2D eigenvalue weighted by atomic mass is 35.5. The van der Waals surface area contributed by atoms with Crippen LogP contribution in [0.5, 0.6) is 0 Å². The fourth-order valence-corrected chi connectivity index (χ4v) is 0. The van der Waals surface area contributed by atoms with Crippen molar-refractivity contribution in [1.29, 1.82) is 0 Å². The summed E-state index contributed by atoms with van der Waals surface area (Å²) < 4.78 is 9.44. The van der Waals surface area contributed by atoms with Gasteiger partial charge in [0, 0.05) is 0 Å². The zero-order valence-electron chi connectivity index (χ0n) is 3.05. The van der Waals surface area contributed by atoms with Crippen LogP contribution in [0.25, 0.3) is 0 Å². The van der Waals surface area contributed by atoms with Gasteiger partial charge in [-0.25, -0.2) is 0 Å². The smallest absolute Gasteiger partial charge is 0.210 e. The Morgan fingerprint density at radius 2 is 2.00 bits per heavy atom. The summed E-state index contributed by atoms with van der Waals surface area (Å²) in [6.45, 7) is 3.04. The van der Waals surface area contributed by atoms with E-state index in [1.165, 1.54) is 0 Å². The number of halogens is 1. The van der Waals surface area contributed by atoms with E-state index in [9.17, 15) is 4.57 Å². The van der Waals surface area contributed by atoms with Crippen LogP contribution < -0.4 is 0 Å². The normalized spacial score (nSPS) is 11.5. The van der Waals surface area contributed by atoms with E-state index in [1.807, 2.05) is 0 Å². The van der Waals surface area contributed by atoms with Gasteiger partial charge >= 0.3 is 0 Å². The van der Waals surface area contributed by atoms with Crippen LogP contribution in [0.2, 0.25) is 0 Å². The first-order valence-electron chi connectivity index (χ1n) is 1.12. The molecule has 0 aromatic carbocycles. The summed E-state index contributed by atoms with van der Waals surface area (Å²) in [5.41, 5.74) is 0. The molecule has 4 heteroatoms. The van der Waals surface area contributed by atoms with Crippen LogP contribution >= 0.6 is 20.4 Å². The minimum absolute atomic E-state index is 0. The molecule has 6 heavy (non-hydrogen) atoms. The molecule has 0 bridgehead atoms. The van der Waals surface area contributed by atoms with E-state index >= 15 is 0 Å². The first-order chi connectivity index (χ1) is 2.27. The Morgan fingerprint density at radius 1 is 1.83 bits per heavy atom. The molecule has 38 valence electrons. The van der Waals surface area contributed by atoms with E-state index < -0.39 is 8.03 Å². The fraction of sp³-hybridized carbons (Fsp3) is 0. The first-order valence-corrected chi connectivity index (χ1v) is 2.56. The Labute approximate surface area is 43.2 Å². The standard InChI is InChI=1S/C2H5O2P.ClH/c1-2-5(3)4;/h2,5H,1H2,(H,3,4);1H. The zero-order chi connectivity index (χ0) is 4.28. The van der Waals surface area contributed by atoms with Crippen LogP contribution in [0, 0.1) is 0 Å². The molecule has 0 amide bonds. The van der Waals surface area contributed by atoms with Gasteiger partial charge in [0.1, 0.15) is 0 Å². The minimum Gasteiger partial charge on any atom is -0.344 e. The van der Waals surface area contributed by atoms with Crippen molar-refractivity contribution >= 4 is 20.4 Å². The monoisotopic (exact) mass is 128 g/mol. The highest BCUT2D eigenvalue weighted by molar-refractivity contribution is 7.41. The van der Waals surface area contributed by atoms with Crippen LogP contribution in [0.4, 0.5) is 0 Å². The Kier molecular flexibility index (Phi) is 8.28. The summed E-state index contributed by atoms with van der Waals surface area (Å²) >= 11 is 0. The molecule has 0 aliphatic heterocycles. The van der Waals surface area contributed by atoms with Crippen LogP contribution in [-0.4, -0.2) is 4.89 Å². The molecule has 0 saturated heterocycles. The first kappa shape index (κ1) is 9.52. The maximum atomic E-state index is 9.44. The van der Waals surface area contributed by atoms with Gasteiger partial charge in [0.05, 0.1) is 0 Å². The van der Waals surface area contributed by atoms with Gasteiger partial charge in [-0.15, -0.1) is 12.4 Å². The van der Waals surface area contributed by atoms with Crippen molar-refractivity contribution in [2.24, 2.45) is 0 Å². The fourth-order valence-electron chi connectivity index (χ4n) is 0. The van der Waals surface area contributed by atoms with E-state index in [0.29, 0.717) is 0 Å². The highest BCUT2D eigenvalue weighted by Gasteiger charge is 1.68. The lowest BCUT2D eigenvalue weighted by Gasteiger charge is -1.66. The number of hydrogen-bond donors (Lipinski definition) is 1.